The molecule has 1 aromatic rings. The number of likely N-dealkylation sites (N-methyl/N-ethyl adjacent to an activating group) is 1. The maximum Gasteiger partial charge on any atom is 0.254 e. The third kappa shape index (κ3) is 2.96. The minimum atomic E-state index is -0.460. The Morgan fingerprint density at radius 3 is 2.86 bits per heavy atom. The van der Waals surface area contributed by atoms with E-state index >= 15 is 0 Å². The molecule has 5 nitrogen and oxygen atoms in total. The van der Waals surface area contributed by atoms with E-state index in [1.807, 2.05) is 17.0 Å². The quantitative estimate of drug-likeness (QED) is 0.833. The van der Waals surface area contributed by atoms with Crippen molar-refractivity contribution in [3.63, 3.8) is 0 Å². The Kier molecular flexibility index (Phi) is 4.64. The fourth-order valence-electron chi connectivity index (χ4n) is 3.27. The van der Waals surface area contributed by atoms with Crippen molar-refractivity contribution in [1.29, 1.82) is 0 Å². The molecule has 2 atom stereocenters. The van der Waals surface area contributed by atoms with Crippen LogP contribution in [0.1, 0.15) is 18.9 Å². The smallest absolute Gasteiger partial charge is 0.254 e. The molecule has 0 radical (unpaired) electrons. The second-order valence-electron chi connectivity index (χ2n) is 5.97. The van der Waals surface area contributed by atoms with Crippen molar-refractivity contribution in [2.24, 2.45) is 0 Å². The van der Waals surface area contributed by atoms with Gasteiger partial charge in [0.1, 0.15) is 0 Å². The number of ether oxygens (including phenoxy) is 2. The predicted molar refractivity (Wildman–Crippen MR) is 84.9 cm³/mol. The Labute approximate surface area is 131 Å². The summed E-state index contributed by atoms with van der Waals surface area (Å²) in [5, 5.41) is 0. The highest BCUT2D eigenvalue weighted by molar-refractivity contribution is 5.82. The highest BCUT2D eigenvalue weighted by Crippen LogP contribution is 2.27. The first-order chi connectivity index (χ1) is 10.7. The molecular weight excluding hydrogens is 280 g/mol. The van der Waals surface area contributed by atoms with Crippen LogP contribution in [0.25, 0.3) is 0 Å². The number of hydrogen-bond acceptors (Lipinski definition) is 4. The number of benzene rings is 1. The third-order valence-corrected chi connectivity index (χ3v) is 4.51. The fourth-order valence-corrected chi connectivity index (χ4v) is 3.27. The SMILES string of the molecule is CC[C@@H]1CN(C)c2ccccc2CN1C(=O)[C@@H]1COCCO1. The van der Waals surface area contributed by atoms with E-state index in [0.29, 0.717) is 26.4 Å². The molecule has 1 fully saturated rings. The number of carbonyl (C=O) groups is 1. The van der Waals surface area contributed by atoms with E-state index in [4.69, 9.17) is 9.47 Å². The van der Waals surface area contributed by atoms with Crippen LogP contribution in [0.3, 0.4) is 0 Å². The van der Waals surface area contributed by atoms with Crippen molar-refractivity contribution in [1.82, 2.24) is 4.90 Å². The number of carbonyl (C=O) groups excluding carboxylic acids is 1. The van der Waals surface area contributed by atoms with Crippen LogP contribution in [-0.2, 0) is 20.8 Å². The van der Waals surface area contributed by atoms with E-state index in [1.54, 1.807) is 0 Å². The van der Waals surface area contributed by atoms with Gasteiger partial charge in [0.15, 0.2) is 6.10 Å². The summed E-state index contributed by atoms with van der Waals surface area (Å²) in [6.45, 7) is 5.05. The van der Waals surface area contributed by atoms with Gasteiger partial charge in [-0.3, -0.25) is 4.79 Å². The molecule has 2 heterocycles. The summed E-state index contributed by atoms with van der Waals surface area (Å²) in [6.07, 6.45) is 0.468. The van der Waals surface area contributed by atoms with Crippen LogP contribution in [0.5, 0.6) is 0 Å². The fraction of sp³-hybridized carbons (Fsp3) is 0.588. The van der Waals surface area contributed by atoms with Crippen molar-refractivity contribution >= 4 is 11.6 Å². The zero-order valence-electron chi connectivity index (χ0n) is 13.3. The number of para-hydroxylation sites is 1. The molecule has 0 unspecified atom stereocenters. The lowest BCUT2D eigenvalue weighted by Crippen LogP contribution is -2.50. The maximum atomic E-state index is 12.9. The summed E-state index contributed by atoms with van der Waals surface area (Å²) in [5.41, 5.74) is 2.39. The first kappa shape index (κ1) is 15.3. The van der Waals surface area contributed by atoms with Gasteiger partial charge in [-0.1, -0.05) is 25.1 Å². The first-order valence-electron chi connectivity index (χ1n) is 7.99. The summed E-state index contributed by atoms with van der Waals surface area (Å²) >= 11 is 0. The van der Waals surface area contributed by atoms with Crippen molar-refractivity contribution in [3.8, 4) is 0 Å². The van der Waals surface area contributed by atoms with Gasteiger partial charge in [0.25, 0.3) is 5.91 Å². The summed E-state index contributed by atoms with van der Waals surface area (Å²) in [7, 11) is 2.09. The van der Waals surface area contributed by atoms with Crippen LogP contribution in [0, 0.1) is 0 Å². The molecule has 1 aromatic carbocycles. The second-order valence-corrected chi connectivity index (χ2v) is 5.97. The van der Waals surface area contributed by atoms with E-state index < -0.39 is 6.10 Å². The summed E-state index contributed by atoms with van der Waals surface area (Å²) < 4.78 is 11.0. The minimum absolute atomic E-state index is 0.0525. The molecule has 5 heteroatoms. The molecule has 0 aliphatic carbocycles. The van der Waals surface area contributed by atoms with Crippen molar-refractivity contribution in [2.45, 2.75) is 32.0 Å². The average molecular weight is 304 g/mol. The van der Waals surface area contributed by atoms with Crippen LogP contribution in [0.15, 0.2) is 24.3 Å². The van der Waals surface area contributed by atoms with Crippen LogP contribution < -0.4 is 4.90 Å². The van der Waals surface area contributed by atoms with E-state index in [-0.39, 0.29) is 11.9 Å². The van der Waals surface area contributed by atoms with Crippen molar-refractivity contribution < 1.29 is 14.3 Å². The predicted octanol–water partition coefficient (Wildman–Crippen LogP) is 1.66. The van der Waals surface area contributed by atoms with Gasteiger partial charge >= 0.3 is 0 Å². The largest absolute Gasteiger partial charge is 0.376 e. The molecule has 0 bridgehead atoms. The number of hydrogen-bond donors (Lipinski definition) is 0. The highest BCUT2D eigenvalue weighted by Gasteiger charge is 2.34. The topological polar surface area (TPSA) is 42.0 Å². The van der Waals surface area contributed by atoms with Crippen LogP contribution in [0.2, 0.25) is 0 Å². The molecule has 2 aliphatic rings. The number of rotatable bonds is 2. The van der Waals surface area contributed by atoms with Gasteiger partial charge in [-0.15, -0.1) is 0 Å². The van der Waals surface area contributed by atoms with Gasteiger partial charge in [0.05, 0.1) is 19.8 Å². The molecule has 2 aliphatic heterocycles. The van der Waals surface area contributed by atoms with E-state index in [9.17, 15) is 4.79 Å². The van der Waals surface area contributed by atoms with Crippen molar-refractivity contribution in [2.75, 3.05) is 38.3 Å². The number of fused-ring (bicyclic) bond motifs is 1. The Hall–Kier alpha value is -1.59. The average Bonchev–Trinajstić information content (AvgIpc) is 2.72. The molecule has 0 N–H and O–H groups in total. The lowest BCUT2D eigenvalue weighted by atomic mass is 10.1. The summed E-state index contributed by atoms with van der Waals surface area (Å²) in [6, 6.07) is 8.49. The number of nitrogens with zero attached hydrogens (tertiary/aromatic N) is 2. The highest BCUT2D eigenvalue weighted by atomic mass is 16.6. The molecule has 1 amide bonds. The molecule has 120 valence electrons. The first-order valence-corrected chi connectivity index (χ1v) is 7.99. The van der Waals surface area contributed by atoms with Crippen LogP contribution >= 0.6 is 0 Å². The Morgan fingerprint density at radius 1 is 1.32 bits per heavy atom. The van der Waals surface area contributed by atoms with Gasteiger partial charge in [0.2, 0.25) is 0 Å². The Morgan fingerprint density at radius 2 is 2.14 bits per heavy atom. The molecule has 0 aromatic heterocycles. The standard InChI is InChI=1S/C17H24N2O3/c1-3-14-11-18(2)15-7-5-4-6-13(15)10-19(14)17(20)16-12-21-8-9-22-16/h4-7,14,16H,3,8-12H2,1-2H3/t14-,16+/m1/s1. The van der Waals surface area contributed by atoms with E-state index in [2.05, 4.69) is 31.0 Å². The molecule has 3 rings (SSSR count). The second kappa shape index (κ2) is 6.67. The molecule has 22 heavy (non-hydrogen) atoms. The maximum absolute atomic E-state index is 12.9. The van der Waals surface area contributed by atoms with E-state index in [1.165, 1.54) is 11.3 Å². The van der Waals surface area contributed by atoms with E-state index in [0.717, 1.165) is 13.0 Å². The van der Waals surface area contributed by atoms with Gasteiger partial charge in [-0.25, -0.2) is 0 Å². The molecule has 0 spiro atoms. The molecular formula is C17H24N2O3. The minimum Gasteiger partial charge on any atom is -0.376 e. The summed E-state index contributed by atoms with van der Waals surface area (Å²) in [5.74, 6) is 0.0525. The summed E-state index contributed by atoms with van der Waals surface area (Å²) in [4.78, 5) is 17.1. The van der Waals surface area contributed by atoms with Crippen LogP contribution in [-0.4, -0.2) is 56.4 Å². The number of amides is 1. The Bertz CT molecular complexity index is 528. The van der Waals surface area contributed by atoms with Gasteiger partial charge in [-0.05, 0) is 18.1 Å². The Balaban J connectivity index is 1.86. The van der Waals surface area contributed by atoms with Gasteiger partial charge in [0, 0.05) is 31.9 Å². The monoisotopic (exact) mass is 304 g/mol. The number of anilines is 1. The normalized spacial score (nSPS) is 25.5. The van der Waals surface area contributed by atoms with Crippen molar-refractivity contribution in [3.05, 3.63) is 29.8 Å². The lowest BCUT2D eigenvalue weighted by Gasteiger charge is -2.34. The molecule has 0 saturated carbocycles. The zero-order valence-corrected chi connectivity index (χ0v) is 13.3. The van der Waals surface area contributed by atoms with Gasteiger partial charge < -0.3 is 19.3 Å². The third-order valence-electron chi connectivity index (χ3n) is 4.51. The zero-order chi connectivity index (χ0) is 15.5. The molecule has 1 saturated heterocycles. The van der Waals surface area contributed by atoms with Gasteiger partial charge in [-0.2, -0.15) is 0 Å². The van der Waals surface area contributed by atoms with Crippen LogP contribution in [0.4, 0.5) is 5.69 Å². The lowest BCUT2D eigenvalue weighted by molar-refractivity contribution is -0.160.